The highest BCUT2D eigenvalue weighted by Gasteiger charge is 2.30. The van der Waals surface area contributed by atoms with Crippen LogP contribution in [0.2, 0.25) is 0 Å². The van der Waals surface area contributed by atoms with Crippen molar-refractivity contribution in [1.82, 2.24) is 9.80 Å². The third-order valence-corrected chi connectivity index (χ3v) is 2.80. The van der Waals surface area contributed by atoms with Crippen molar-refractivity contribution in [3.63, 3.8) is 0 Å². The number of carbonyl (C=O) groups excluding carboxylic acids is 1. The predicted octanol–water partition coefficient (Wildman–Crippen LogP) is 0.788. The van der Waals surface area contributed by atoms with Crippen LogP contribution in [-0.2, 0) is 9.53 Å². The lowest BCUT2D eigenvalue weighted by atomic mass is 10.2. The maximum atomic E-state index is 12.3. The van der Waals surface area contributed by atoms with E-state index in [0.29, 0.717) is 13.2 Å². The Morgan fingerprint density at radius 1 is 1.56 bits per heavy atom. The Labute approximate surface area is 107 Å². The van der Waals surface area contributed by atoms with Gasteiger partial charge in [0.1, 0.15) is 6.54 Å². The van der Waals surface area contributed by atoms with Gasteiger partial charge in [-0.25, -0.2) is 4.79 Å². The molecule has 102 valence electrons. The summed E-state index contributed by atoms with van der Waals surface area (Å²) in [6, 6.07) is -0.324. The molecule has 0 spiro atoms. The van der Waals surface area contributed by atoms with Gasteiger partial charge < -0.3 is 19.6 Å². The summed E-state index contributed by atoms with van der Waals surface area (Å²) in [5.41, 5.74) is 0. The van der Waals surface area contributed by atoms with Crippen LogP contribution < -0.4 is 0 Å². The number of amides is 2. The standard InChI is InChI=1S/C12H20N2O4/c1-4-5-13(7-11(15)16)12(17)14-6-10(3)18-8-9(14)2/h4,9-10H,1,5-8H2,2-3H3,(H,15,16). The highest BCUT2D eigenvalue weighted by molar-refractivity contribution is 5.80. The Morgan fingerprint density at radius 3 is 2.78 bits per heavy atom. The largest absolute Gasteiger partial charge is 0.480 e. The fourth-order valence-corrected chi connectivity index (χ4v) is 1.88. The van der Waals surface area contributed by atoms with Crippen LogP contribution in [0.25, 0.3) is 0 Å². The van der Waals surface area contributed by atoms with Crippen LogP contribution >= 0.6 is 0 Å². The van der Waals surface area contributed by atoms with E-state index in [1.807, 2.05) is 13.8 Å². The van der Waals surface area contributed by atoms with E-state index >= 15 is 0 Å². The van der Waals surface area contributed by atoms with Crippen LogP contribution in [0.5, 0.6) is 0 Å². The Hall–Kier alpha value is -1.56. The van der Waals surface area contributed by atoms with Gasteiger partial charge in [-0.15, -0.1) is 6.58 Å². The molecule has 0 aromatic carbocycles. The second-order valence-electron chi connectivity index (χ2n) is 4.49. The van der Waals surface area contributed by atoms with Crippen molar-refractivity contribution < 1.29 is 19.4 Å². The summed E-state index contributed by atoms with van der Waals surface area (Å²) in [7, 11) is 0. The zero-order chi connectivity index (χ0) is 13.7. The lowest BCUT2D eigenvalue weighted by Gasteiger charge is -2.39. The maximum Gasteiger partial charge on any atom is 0.323 e. The Morgan fingerprint density at radius 2 is 2.22 bits per heavy atom. The molecule has 0 saturated carbocycles. The average molecular weight is 256 g/mol. The van der Waals surface area contributed by atoms with Crippen LogP contribution in [0.4, 0.5) is 4.79 Å². The van der Waals surface area contributed by atoms with Crippen molar-refractivity contribution >= 4 is 12.0 Å². The molecule has 2 atom stereocenters. The molecule has 0 bridgehead atoms. The SMILES string of the molecule is C=CCN(CC(=O)O)C(=O)N1CC(C)OCC1C. The third kappa shape index (κ3) is 3.73. The van der Waals surface area contributed by atoms with Crippen molar-refractivity contribution in [2.45, 2.75) is 26.0 Å². The second kappa shape index (κ2) is 6.39. The molecule has 1 aliphatic rings. The van der Waals surface area contributed by atoms with Gasteiger partial charge in [0.2, 0.25) is 0 Å². The van der Waals surface area contributed by atoms with Crippen molar-refractivity contribution in [3.8, 4) is 0 Å². The van der Waals surface area contributed by atoms with E-state index in [2.05, 4.69) is 6.58 Å². The number of carboxylic acids is 1. The molecule has 6 nitrogen and oxygen atoms in total. The lowest BCUT2D eigenvalue weighted by Crippen LogP contribution is -2.55. The zero-order valence-electron chi connectivity index (χ0n) is 10.8. The molecule has 1 fully saturated rings. The minimum absolute atomic E-state index is 0.0273. The fraction of sp³-hybridized carbons (Fsp3) is 0.667. The summed E-state index contributed by atoms with van der Waals surface area (Å²) < 4.78 is 5.44. The minimum atomic E-state index is -1.03. The first kappa shape index (κ1) is 14.5. The van der Waals surface area contributed by atoms with Crippen molar-refractivity contribution in [2.75, 3.05) is 26.2 Å². The number of morpholine rings is 1. The Balaban J connectivity index is 2.73. The molecular weight excluding hydrogens is 236 g/mol. The monoisotopic (exact) mass is 256 g/mol. The predicted molar refractivity (Wildman–Crippen MR) is 66.4 cm³/mol. The normalized spacial score (nSPS) is 23.6. The van der Waals surface area contributed by atoms with Crippen molar-refractivity contribution in [1.29, 1.82) is 0 Å². The first-order chi connectivity index (χ1) is 8.45. The van der Waals surface area contributed by atoms with E-state index in [1.54, 1.807) is 4.90 Å². The van der Waals surface area contributed by atoms with Gasteiger partial charge in [0.25, 0.3) is 0 Å². The lowest BCUT2D eigenvalue weighted by molar-refractivity contribution is -0.137. The number of aliphatic carboxylic acids is 1. The quantitative estimate of drug-likeness (QED) is 0.755. The molecule has 0 aromatic rings. The number of hydrogen-bond donors (Lipinski definition) is 1. The average Bonchev–Trinajstić information content (AvgIpc) is 2.30. The van der Waals surface area contributed by atoms with Gasteiger partial charge in [-0.1, -0.05) is 6.08 Å². The highest BCUT2D eigenvalue weighted by Crippen LogP contribution is 2.13. The molecular formula is C12H20N2O4. The van der Waals surface area contributed by atoms with Gasteiger partial charge in [-0.2, -0.15) is 0 Å². The third-order valence-electron chi connectivity index (χ3n) is 2.80. The van der Waals surface area contributed by atoms with Gasteiger partial charge in [0, 0.05) is 13.1 Å². The summed E-state index contributed by atoms with van der Waals surface area (Å²) in [5, 5.41) is 8.80. The van der Waals surface area contributed by atoms with Crippen LogP contribution in [0.15, 0.2) is 12.7 Å². The van der Waals surface area contributed by atoms with Crippen LogP contribution in [0.3, 0.4) is 0 Å². The van der Waals surface area contributed by atoms with Gasteiger partial charge in [-0.3, -0.25) is 4.79 Å². The summed E-state index contributed by atoms with van der Waals surface area (Å²) >= 11 is 0. The van der Waals surface area contributed by atoms with Gasteiger partial charge in [-0.05, 0) is 13.8 Å². The molecule has 1 aliphatic heterocycles. The highest BCUT2D eigenvalue weighted by atomic mass is 16.5. The van der Waals surface area contributed by atoms with E-state index in [0.717, 1.165) is 0 Å². The molecule has 2 unspecified atom stereocenters. The molecule has 6 heteroatoms. The number of rotatable bonds is 4. The van der Waals surface area contributed by atoms with E-state index in [9.17, 15) is 9.59 Å². The second-order valence-corrected chi connectivity index (χ2v) is 4.49. The number of hydrogen-bond acceptors (Lipinski definition) is 3. The molecule has 0 aromatic heterocycles. The molecule has 0 aliphatic carbocycles. The molecule has 1 N–H and O–H groups in total. The van der Waals surface area contributed by atoms with Crippen LogP contribution in [-0.4, -0.2) is 65.3 Å². The van der Waals surface area contributed by atoms with E-state index in [1.165, 1.54) is 11.0 Å². The molecule has 1 heterocycles. The topological polar surface area (TPSA) is 70.1 Å². The van der Waals surface area contributed by atoms with Gasteiger partial charge in [0.05, 0.1) is 18.8 Å². The molecule has 18 heavy (non-hydrogen) atoms. The van der Waals surface area contributed by atoms with E-state index < -0.39 is 5.97 Å². The molecule has 2 amide bonds. The van der Waals surface area contributed by atoms with E-state index in [4.69, 9.17) is 9.84 Å². The Kier molecular flexibility index (Phi) is 5.15. The number of carbonyl (C=O) groups is 2. The van der Waals surface area contributed by atoms with Gasteiger partial charge >= 0.3 is 12.0 Å². The van der Waals surface area contributed by atoms with E-state index in [-0.39, 0.29) is 31.3 Å². The Bertz CT molecular complexity index is 332. The molecule has 1 rings (SSSR count). The fourth-order valence-electron chi connectivity index (χ4n) is 1.88. The molecule has 1 saturated heterocycles. The summed E-state index contributed by atoms with van der Waals surface area (Å²) in [6.07, 6.45) is 1.50. The van der Waals surface area contributed by atoms with Crippen LogP contribution in [0, 0.1) is 0 Å². The first-order valence-corrected chi connectivity index (χ1v) is 5.95. The number of carboxylic acid groups (broad SMARTS) is 1. The zero-order valence-corrected chi connectivity index (χ0v) is 10.8. The smallest absolute Gasteiger partial charge is 0.323 e. The summed E-state index contributed by atoms with van der Waals surface area (Å²) in [4.78, 5) is 25.9. The van der Waals surface area contributed by atoms with Crippen molar-refractivity contribution in [3.05, 3.63) is 12.7 Å². The first-order valence-electron chi connectivity index (χ1n) is 5.95. The molecule has 0 radical (unpaired) electrons. The number of nitrogens with zero attached hydrogens (tertiary/aromatic N) is 2. The number of urea groups is 1. The van der Waals surface area contributed by atoms with Crippen LogP contribution in [0.1, 0.15) is 13.8 Å². The number of ether oxygens (including phenoxy) is 1. The van der Waals surface area contributed by atoms with Crippen molar-refractivity contribution in [2.24, 2.45) is 0 Å². The van der Waals surface area contributed by atoms with Gasteiger partial charge in [0.15, 0.2) is 0 Å². The minimum Gasteiger partial charge on any atom is -0.480 e. The maximum absolute atomic E-state index is 12.3. The summed E-state index contributed by atoms with van der Waals surface area (Å²) in [6.45, 7) is 8.18. The summed E-state index contributed by atoms with van der Waals surface area (Å²) in [5.74, 6) is -1.03.